The van der Waals surface area contributed by atoms with E-state index in [0.29, 0.717) is 22.7 Å². The predicted molar refractivity (Wildman–Crippen MR) is 101 cm³/mol. The van der Waals surface area contributed by atoms with Crippen molar-refractivity contribution in [3.05, 3.63) is 51.5 Å². The van der Waals surface area contributed by atoms with Crippen molar-refractivity contribution in [3.63, 3.8) is 0 Å². The summed E-state index contributed by atoms with van der Waals surface area (Å²) in [7, 11) is 0. The third kappa shape index (κ3) is 4.90. The Hall–Kier alpha value is -2.18. The van der Waals surface area contributed by atoms with E-state index in [4.69, 9.17) is 16.3 Å². The van der Waals surface area contributed by atoms with Crippen LogP contribution in [0.15, 0.2) is 35.9 Å². The molecule has 2 aromatic rings. The highest BCUT2D eigenvalue weighted by molar-refractivity contribution is 7.15. The summed E-state index contributed by atoms with van der Waals surface area (Å²) in [6, 6.07) is 5.46. The quantitative estimate of drug-likeness (QED) is 0.788. The standard InChI is InChI=1S/C18H18ClN3O2S/c1-11(2)7-17-21-22-18(25-17)20-16(23)6-3-12-8-13-9-14(19)4-5-15(13)24-10-12/h3-6,8-9,11H,7,10H2,1-2H3,(H,20,22,23)/b6-3+. The maximum atomic E-state index is 12.0. The molecule has 0 unspecified atom stereocenters. The molecule has 0 aliphatic carbocycles. The zero-order chi connectivity index (χ0) is 17.8. The minimum Gasteiger partial charge on any atom is -0.488 e. The number of nitrogens with one attached hydrogen (secondary N) is 1. The number of benzene rings is 1. The molecule has 0 fully saturated rings. The molecule has 0 bridgehead atoms. The number of fused-ring (bicyclic) bond motifs is 1. The average molecular weight is 376 g/mol. The summed E-state index contributed by atoms with van der Waals surface area (Å²) >= 11 is 7.40. The van der Waals surface area contributed by atoms with Crippen molar-refractivity contribution < 1.29 is 9.53 Å². The molecular formula is C18H18ClN3O2S. The van der Waals surface area contributed by atoms with Crippen LogP contribution >= 0.6 is 22.9 Å². The van der Waals surface area contributed by atoms with Crippen LogP contribution in [0.2, 0.25) is 5.02 Å². The monoisotopic (exact) mass is 375 g/mol. The van der Waals surface area contributed by atoms with Crippen molar-refractivity contribution in [2.45, 2.75) is 20.3 Å². The highest BCUT2D eigenvalue weighted by Crippen LogP contribution is 2.29. The van der Waals surface area contributed by atoms with Crippen LogP contribution in [0.4, 0.5) is 5.13 Å². The SMILES string of the molecule is CC(C)Cc1nnc(NC(=O)/C=C/C2=Cc3cc(Cl)ccc3OC2)s1. The summed E-state index contributed by atoms with van der Waals surface area (Å²) < 4.78 is 5.65. The molecule has 1 N–H and O–H groups in total. The summed E-state index contributed by atoms with van der Waals surface area (Å²) in [5.74, 6) is 1.05. The van der Waals surface area contributed by atoms with Gasteiger partial charge in [0.2, 0.25) is 11.0 Å². The number of carbonyl (C=O) groups excluding carboxylic acids is 1. The van der Waals surface area contributed by atoms with Crippen molar-refractivity contribution in [1.82, 2.24) is 10.2 Å². The van der Waals surface area contributed by atoms with Gasteiger partial charge in [-0.3, -0.25) is 10.1 Å². The van der Waals surface area contributed by atoms with Crippen LogP contribution in [0.1, 0.15) is 24.4 Å². The highest BCUT2D eigenvalue weighted by Gasteiger charge is 2.11. The van der Waals surface area contributed by atoms with Crippen molar-refractivity contribution in [1.29, 1.82) is 0 Å². The fourth-order valence-corrected chi connectivity index (χ4v) is 3.46. The van der Waals surface area contributed by atoms with E-state index in [0.717, 1.165) is 28.3 Å². The van der Waals surface area contributed by atoms with E-state index in [1.807, 2.05) is 18.2 Å². The van der Waals surface area contributed by atoms with E-state index < -0.39 is 0 Å². The molecule has 1 aliphatic heterocycles. The van der Waals surface area contributed by atoms with Crippen molar-refractivity contribution in [2.24, 2.45) is 5.92 Å². The molecule has 1 amide bonds. The molecule has 7 heteroatoms. The maximum absolute atomic E-state index is 12.0. The molecule has 130 valence electrons. The van der Waals surface area contributed by atoms with Gasteiger partial charge in [0.25, 0.3) is 0 Å². The normalized spacial score (nSPS) is 13.5. The lowest BCUT2D eigenvalue weighted by molar-refractivity contribution is -0.111. The van der Waals surface area contributed by atoms with Crippen LogP contribution in [-0.4, -0.2) is 22.7 Å². The highest BCUT2D eigenvalue weighted by atomic mass is 35.5. The van der Waals surface area contributed by atoms with E-state index in [9.17, 15) is 4.79 Å². The molecule has 0 spiro atoms. The smallest absolute Gasteiger partial charge is 0.250 e. The number of ether oxygens (including phenoxy) is 1. The van der Waals surface area contributed by atoms with E-state index >= 15 is 0 Å². The van der Waals surface area contributed by atoms with E-state index in [-0.39, 0.29) is 5.91 Å². The Labute approximate surface area is 155 Å². The Morgan fingerprint density at radius 1 is 1.44 bits per heavy atom. The number of amides is 1. The van der Waals surface area contributed by atoms with Gasteiger partial charge < -0.3 is 4.74 Å². The number of aromatic nitrogens is 2. The lowest BCUT2D eigenvalue weighted by atomic mass is 10.1. The van der Waals surface area contributed by atoms with Gasteiger partial charge in [-0.15, -0.1) is 10.2 Å². The average Bonchev–Trinajstić information content (AvgIpc) is 2.98. The van der Waals surface area contributed by atoms with Gasteiger partial charge in [-0.05, 0) is 35.8 Å². The zero-order valence-electron chi connectivity index (χ0n) is 14.0. The number of nitrogens with zero attached hydrogens (tertiary/aromatic N) is 2. The van der Waals surface area contributed by atoms with Crippen LogP contribution in [-0.2, 0) is 11.2 Å². The minimum atomic E-state index is -0.245. The summed E-state index contributed by atoms with van der Waals surface area (Å²) in [4.78, 5) is 12.0. The second-order valence-electron chi connectivity index (χ2n) is 6.11. The van der Waals surface area contributed by atoms with Gasteiger partial charge in [0, 0.05) is 23.1 Å². The Morgan fingerprint density at radius 2 is 2.28 bits per heavy atom. The molecule has 3 rings (SSSR count). The fourth-order valence-electron chi connectivity index (χ4n) is 2.33. The Kier molecular flexibility index (Phi) is 5.50. The molecule has 1 aromatic carbocycles. The van der Waals surface area contributed by atoms with Gasteiger partial charge >= 0.3 is 0 Å². The third-order valence-corrected chi connectivity index (χ3v) is 4.53. The lowest BCUT2D eigenvalue weighted by Crippen LogP contribution is -2.09. The Balaban J connectivity index is 1.62. The van der Waals surface area contributed by atoms with Gasteiger partial charge in [0.1, 0.15) is 17.4 Å². The zero-order valence-corrected chi connectivity index (χ0v) is 15.5. The fraction of sp³-hybridized carbons (Fsp3) is 0.278. The van der Waals surface area contributed by atoms with E-state index in [1.165, 1.54) is 17.4 Å². The molecular weight excluding hydrogens is 358 g/mol. The second kappa shape index (κ2) is 7.80. The van der Waals surface area contributed by atoms with Gasteiger partial charge in [-0.1, -0.05) is 42.9 Å². The number of anilines is 1. The molecule has 25 heavy (non-hydrogen) atoms. The van der Waals surface area contributed by atoms with Crippen LogP contribution in [0.25, 0.3) is 6.08 Å². The molecule has 5 nitrogen and oxygen atoms in total. The summed E-state index contributed by atoms with van der Waals surface area (Å²) in [6.45, 7) is 4.65. The molecule has 0 saturated heterocycles. The first-order valence-corrected chi connectivity index (χ1v) is 9.13. The molecule has 1 aliphatic rings. The van der Waals surface area contributed by atoms with Crippen molar-refractivity contribution in [3.8, 4) is 5.75 Å². The number of halogens is 1. The van der Waals surface area contributed by atoms with Gasteiger partial charge in [0.05, 0.1) is 0 Å². The largest absolute Gasteiger partial charge is 0.488 e. The second-order valence-corrected chi connectivity index (χ2v) is 7.61. The van der Waals surface area contributed by atoms with Crippen molar-refractivity contribution >= 4 is 40.1 Å². The Morgan fingerprint density at radius 3 is 3.08 bits per heavy atom. The van der Waals surface area contributed by atoms with Crippen LogP contribution < -0.4 is 10.1 Å². The van der Waals surface area contributed by atoms with Gasteiger partial charge in [-0.25, -0.2) is 0 Å². The third-order valence-electron chi connectivity index (χ3n) is 3.44. The van der Waals surface area contributed by atoms with E-state index in [1.54, 1.807) is 12.1 Å². The van der Waals surface area contributed by atoms with Crippen molar-refractivity contribution in [2.75, 3.05) is 11.9 Å². The summed E-state index contributed by atoms with van der Waals surface area (Å²) in [6.07, 6.45) is 6.01. The Bertz CT molecular complexity index is 843. The summed E-state index contributed by atoms with van der Waals surface area (Å²) in [5.41, 5.74) is 1.80. The first kappa shape index (κ1) is 17.6. The first-order chi connectivity index (χ1) is 12.0. The number of carbonyl (C=O) groups is 1. The first-order valence-electron chi connectivity index (χ1n) is 7.94. The minimum absolute atomic E-state index is 0.245. The number of hydrogen-bond donors (Lipinski definition) is 1. The van der Waals surface area contributed by atoms with Crippen LogP contribution in [0, 0.1) is 5.92 Å². The predicted octanol–water partition coefficient (Wildman–Crippen LogP) is 4.36. The van der Waals surface area contributed by atoms with Crippen LogP contribution in [0.3, 0.4) is 0 Å². The number of rotatable bonds is 5. The van der Waals surface area contributed by atoms with Crippen LogP contribution in [0.5, 0.6) is 5.75 Å². The molecule has 1 aromatic heterocycles. The topological polar surface area (TPSA) is 64.1 Å². The lowest BCUT2D eigenvalue weighted by Gasteiger charge is -2.16. The molecule has 2 heterocycles. The molecule has 0 saturated carbocycles. The van der Waals surface area contributed by atoms with E-state index in [2.05, 4.69) is 29.4 Å². The van der Waals surface area contributed by atoms with Gasteiger partial charge in [-0.2, -0.15) is 0 Å². The summed E-state index contributed by atoms with van der Waals surface area (Å²) in [5, 5.41) is 12.9. The molecule has 0 atom stereocenters. The maximum Gasteiger partial charge on any atom is 0.250 e. The molecule has 0 radical (unpaired) electrons. The van der Waals surface area contributed by atoms with Gasteiger partial charge in [0.15, 0.2) is 0 Å². The number of hydrogen-bond acceptors (Lipinski definition) is 5.